The molecular weight excluding hydrogens is 582 g/mol. The van der Waals surface area contributed by atoms with Crippen LogP contribution in [0.15, 0.2) is 28.4 Å². The number of carboxylic acid groups (broad SMARTS) is 1. The number of amides is 2. The zero-order chi connectivity index (χ0) is 26.7. The highest BCUT2D eigenvalue weighted by molar-refractivity contribution is 8.05. The summed E-state index contributed by atoms with van der Waals surface area (Å²) >= 11 is 11.0. The normalized spacial score (nSPS) is 23.4. The molecule has 4 rings (SSSR count). The molecule has 2 saturated heterocycles. The van der Waals surface area contributed by atoms with Crippen LogP contribution in [0.25, 0.3) is 0 Å². The fourth-order valence-corrected chi connectivity index (χ4v) is 8.43. The van der Waals surface area contributed by atoms with Crippen molar-refractivity contribution in [2.45, 2.75) is 26.8 Å². The van der Waals surface area contributed by atoms with Gasteiger partial charge in [-0.25, -0.2) is 4.98 Å². The molecule has 4 heterocycles. The summed E-state index contributed by atoms with van der Waals surface area (Å²) in [4.78, 5) is 48.6. The highest BCUT2D eigenvalue weighted by Crippen LogP contribution is 2.47. The minimum Gasteiger partial charge on any atom is -0.480 e. The summed E-state index contributed by atoms with van der Waals surface area (Å²) in [5.74, 6) is -0.809. The van der Waals surface area contributed by atoms with Crippen LogP contribution in [-0.4, -0.2) is 89.4 Å². The molecular formula is C20H22ClN7O5S4. The number of thiazole rings is 1. The largest absolute Gasteiger partial charge is 0.480 e. The SMILES string of the molecule is NCCSCc1ncccc1SC1(C(=O)O)CS[C@@H]2[C@H](NC(=O)C(=NO)c3nc(N)sc3Cl)C(=O)N2C1. The summed E-state index contributed by atoms with van der Waals surface area (Å²) in [5, 5.41) is 24.7. The van der Waals surface area contributed by atoms with Crippen LogP contribution in [0.2, 0.25) is 4.34 Å². The first-order valence-electron chi connectivity index (χ1n) is 10.7. The number of pyridine rings is 1. The van der Waals surface area contributed by atoms with Gasteiger partial charge in [-0.1, -0.05) is 28.1 Å². The van der Waals surface area contributed by atoms with Gasteiger partial charge in [-0.05, 0) is 12.1 Å². The predicted octanol–water partition coefficient (Wildman–Crippen LogP) is 1.16. The third-order valence-electron chi connectivity index (χ3n) is 5.53. The van der Waals surface area contributed by atoms with E-state index in [0.717, 1.165) is 27.7 Å². The van der Waals surface area contributed by atoms with Gasteiger partial charge in [0.25, 0.3) is 5.91 Å². The Bertz CT molecular complexity index is 1250. The molecule has 0 aliphatic carbocycles. The number of hydrogen-bond acceptors (Lipinski definition) is 13. The maximum absolute atomic E-state index is 13.0. The first kappa shape index (κ1) is 27.8. The third-order valence-corrected chi connectivity index (χ3v) is 10.8. The summed E-state index contributed by atoms with van der Waals surface area (Å²) in [5.41, 5.74) is 11.4. The summed E-state index contributed by atoms with van der Waals surface area (Å²) in [6.07, 6.45) is 1.66. The number of anilines is 1. The number of hydrogen-bond donors (Lipinski definition) is 5. The highest BCUT2D eigenvalue weighted by atomic mass is 35.5. The van der Waals surface area contributed by atoms with Gasteiger partial charge in [0.05, 0.1) is 5.69 Å². The number of nitrogens with two attached hydrogens (primary N) is 2. The van der Waals surface area contributed by atoms with Crippen LogP contribution in [0.4, 0.5) is 5.13 Å². The monoisotopic (exact) mass is 603 g/mol. The number of oxime groups is 1. The molecule has 2 aromatic heterocycles. The van der Waals surface area contributed by atoms with E-state index in [1.165, 1.54) is 28.4 Å². The fourth-order valence-electron chi connectivity index (χ4n) is 3.75. The lowest BCUT2D eigenvalue weighted by Crippen LogP contribution is -2.74. The standard InChI is InChI=1S/C20H22ClN7O5S4/c21-14-11(26-19(23)36-14)12(27-33)15(29)25-13-16(30)28-7-20(18(31)32,8-35-17(13)28)37-10-2-1-4-24-9(10)6-34-5-3-22/h1-2,4,13,17,33H,3,5-8,22H2,(H2,23,26)(H,25,29)(H,31,32)/t13-,17-,20?/m1/s1. The smallest absolute Gasteiger partial charge is 0.322 e. The molecule has 37 heavy (non-hydrogen) atoms. The van der Waals surface area contributed by atoms with Gasteiger partial charge in [-0.15, -0.1) is 23.5 Å². The quantitative estimate of drug-likeness (QED) is 0.0855. The average molecular weight is 604 g/mol. The fraction of sp³-hybridized carbons (Fsp3) is 0.400. The molecule has 2 fully saturated rings. The number of carbonyl (C=O) groups is 3. The first-order valence-corrected chi connectivity index (χ1v) is 14.9. The number of nitrogens with zero attached hydrogens (tertiary/aromatic N) is 4. The molecule has 198 valence electrons. The summed E-state index contributed by atoms with van der Waals surface area (Å²) in [6, 6.07) is 2.64. The van der Waals surface area contributed by atoms with Gasteiger partial charge in [0.1, 0.15) is 26.2 Å². The van der Waals surface area contributed by atoms with Gasteiger partial charge >= 0.3 is 5.97 Å². The van der Waals surface area contributed by atoms with E-state index >= 15 is 0 Å². The third kappa shape index (κ3) is 5.63. The van der Waals surface area contributed by atoms with Crippen LogP contribution in [0.1, 0.15) is 11.4 Å². The molecule has 17 heteroatoms. The lowest BCUT2D eigenvalue weighted by atomic mass is 10.0. The van der Waals surface area contributed by atoms with Gasteiger partial charge in [0.2, 0.25) is 5.91 Å². The predicted molar refractivity (Wildman–Crippen MR) is 145 cm³/mol. The Balaban J connectivity index is 1.46. The Morgan fingerprint density at radius 1 is 1.43 bits per heavy atom. The van der Waals surface area contributed by atoms with Crippen molar-refractivity contribution in [3.8, 4) is 0 Å². The molecule has 0 bridgehead atoms. The molecule has 2 amide bonds. The molecule has 0 saturated carbocycles. The maximum atomic E-state index is 13.0. The molecule has 0 spiro atoms. The van der Waals surface area contributed by atoms with Crippen LogP contribution < -0.4 is 16.8 Å². The van der Waals surface area contributed by atoms with Crippen molar-refractivity contribution in [1.29, 1.82) is 0 Å². The highest BCUT2D eigenvalue weighted by Gasteiger charge is 2.58. The van der Waals surface area contributed by atoms with Crippen molar-refractivity contribution >= 4 is 86.9 Å². The summed E-state index contributed by atoms with van der Waals surface area (Å²) < 4.78 is -1.24. The van der Waals surface area contributed by atoms with Gasteiger partial charge < -0.3 is 32.0 Å². The molecule has 2 aromatic rings. The molecule has 0 radical (unpaired) electrons. The van der Waals surface area contributed by atoms with Crippen LogP contribution in [0.3, 0.4) is 0 Å². The molecule has 2 aliphatic rings. The van der Waals surface area contributed by atoms with E-state index in [1.54, 1.807) is 24.0 Å². The Hall–Kier alpha value is -2.24. The number of aromatic nitrogens is 2. The lowest BCUT2D eigenvalue weighted by Gasteiger charge is -2.53. The molecule has 7 N–H and O–H groups in total. The number of nitrogen functional groups attached to an aromatic ring is 1. The van der Waals surface area contributed by atoms with E-state index < -0.39 is 39.7 Å². The van der Waals surface area contributed by atoms with Gasteiger partial charge in [0, 0.05) is 41.4 Å². The Morgan fingerprint density at radius 3 is 2.86 bits per heavy atom. The van der Waals surface area contributed by atoms with Crippen molar-refractivity contribution in [2.24, 2.45) is 10.9 Å². The molecule has 3 atom stereocenters. The Kier molecular flexibility index (Phi) is 8.75. The second-order valence-corrected chi connectivity index (χ2v) is 13.2. The zero-order valence-corrected chi connectivity index (χ0v) is 23.0. The van der Waals surface area contributed by atoms with Crippen molar-refractivity contribution in [2.75, 3.05) is 30.3 Å². The molecule has 12 nitrogen and oxygen atoms in total. The lowest BCUT2D eigenvalue weighted by molar-refractivity contribution is -0.151. The van der Waals surface area contributed by atoms with Crippen molar-refractivity contribution < 1.29 is 24.7 Å². The topological polar surface area (TPSA) is 197 Å². The Morgan fingerprint density at radius 2 is 2.22 bits per heavy atom. The molecule has 0 aromatic carbocycles. The van der Waals surface area contributed by atoms with Gasteiger partial charge in [-0.2, -0.15) is 11.8 Å². The minimum absolute atomic E-state index is 0.0461. The van der Waals surface area contributed by atoms with Crippen molar-refractivity contribution in [3.05, 3.63) is 34.1 Å². The van der Waals surface area contributed by atoms with E-state index in [4.69, 9.17) is 23.1 Å². The minimum atomic E-state index is -1.30. The Labute approximate surface area is 233 Å². The van der Waals surface area contributed by atoms with Crippen LogP contribution in [-0.2, 0) is 20.1 Å². The van der Waals surface area contributed by atoms with Crippen molar-refractivity contribution in [3.63, 3.8) is 0 Å². The number of aliphatic carboxylic acids is 1. The van der Waals surface area contributed by atoms with Gasteiger partial charge in [0.15, 0.2) is 10.8 Å². The number of fused-ring (bicyclic) bond motifs is 1. The number of β-lactam (4-membered cyclic amide) rings is 1. The first-order chi connectivity index (χ1) is 17.7. The van der Waals surface area contributed by atoms with Gasteiger partial charge in [-0.3, -0.25) is 19.4 Å². The maximum Gasteiger partial charge on any atom is 0.322 e. The van der Waals surface area contributed by atoms with E-state index in [1.807, 2.05) is 6.07 Å². The molecule has 2 aliphatic heterocycles. The second-order valence-electron chi connectivity index (χ2n) is 7.93. The number of halogens is 1. The summed E-state index contributed by atoms with van der Waals surface area (Å²) in [7, 11) is 0. The van der Waals surface area contributed by atoms with Crippen molar-refractivity contribution in [1.82, 2.24) is 20.2 Å². The zero-order valence-electron chi connectivity index (χ0n) is 19.0. The number of carboxylic acids is 1. The van der Waals surface area contributed by atoms with E-state index in [2.05, 4.69) is 20.4 Å². The molecule has 1 unspecified atom stereocenters. The number of thioether (sulfide) groups is 3. The number of nitrogens with one attached hydrogen (secondary N) is 1. The summed E-state index contributed by atoms with van der Waals surface area (Å²) in [6.45, 7) is 0.484. The average Bonchev–Trinajstić information content (AvgIpc) is 3.21. The second kappa shape index (κ2) is 11.7. The number of rotatable bonds is 10. The number of carbonyl (C=O) groups excluding carboxylic acids is 2. The van der Waals surface area contributed by atoms with E-state index in [-0.39, 0.29) is 27.5 Å². The van der Waals surface area contributed by atoms with Crippen LogP contribution in [0, 0.1) is 0 Å². The van der Waals surface area contributed by atoms with E-state index in [0.29, 0.717) is 12.3 Å². The van der Waals surface area contributed by atoms with E-state index in [9.17, 15) is 24.7 Å². The van der Waals surface area contributed by atoms with Crippen LogP contribution in [0.5, 0.6) is 0 Å². The van der Waals surface area contributed by atoms with Crippen LogP contribution >= 0.6 is 58.2 Å².